The molecule has 1 saturated carbocycles. The maximum atomic E-state index is 6.03. The number of halogens is 1. The van der Waals surface area contributed by atoms with Crippen LogP contribution in [0.1, 0.15) is 63.0 Å². The van der Waals surface area contributed by atoms with Crippen molar-refractivity contribution in [3.8, 4) is 17.6 Å². The molecule has 0 unspecified atom stereocenters. The molecule has 142 valence electrons. The van der Waals surface area contributed by atoms with Crippen LogP contribution in [0.2, 0.25) is 5.02 Å². The summed E-state index contributed by atoms with van der Waals surface area (Å²) in [6.45, 7) is 3.13. The lowest BCUT2D eigenvalue weighted by Gasteiger charge is -2.28. The predicted octanol–water partition coefficient (Wildman–Crippen LogP) is 7.12. The van der Waals surface area contributed by atoms with Gasteiger partial charge in [0.25, 0.3) is 0 Å². The lowest BCUT2D eigenvalue weighted by Crippen LogP contribution is -2.20. The highest BCUT2D eigenvalue weighted by molar-refractivity contribution is 6.30. The molecule has 3 rings (SSSR count). The topological polar surface area (TPSA) is 9.23 Å². The van der Waals surface area contributed by atoms with Gasteiger partial charge in [-0.05, 0) is 73.2 Å². The Hall–Kier alpha value is -1.91. The molecule has 0 aromatic heterocycles. The second-order valence-corrected chi connectivity index (χ2v) is 8.06. The van der Waals surface area contributed by atoms with E-state index in [0.717, 1.165) is 34.4 Å². The summed E-state index contributed by atoms with van der Waals surface area (Å²) in [7, 11) is 0. The Morgan fingerprint density at radius 3 is 2.00 bits per heavy atom. The zero-order valence-electron chi connectivity index (χ0n) is 16.2. The highest BCUT2D eigenvalue weighted by Crippen LogP contribution is 2.32. The van der Waals surface area contributed by atoms with Crippen molar-refractivity contribution in [2.24, 2.45) is 11.8 Å². The van der Waals surface area contributed by atoms with Crippen LogP contribution in [0, 0.1) is 23.7 Å². The summed E-state index contributed by atoms with van der Waals surface area (Å²) < 4.78 is 6.03. The average Bonchev–Trinajstić information content (AvgIpc) is 2.72. The van der Waals surface area contributed by atoms with E-state index in [1.807, 2.05) is 48.5 Å². The van der Waals surface area contributed by atoms with Crippen molar-refractivity contribution < 1.29 is 4.74 Å². The molecular weight excluding hydrogens is 352 g/mol. The first-order chi connectivity index (χ1) is 13.2. The first-order valence-corrected chi connectivity index (χ1v) is 10.6. The standard InChI is InChI=1S/C25H29ClO/c1-2-3-4-20-7-9-23(10-8-20)19-27-25-17-13-22(14-18-25)6-5-21-11-15-24(26)16-12-21/h11-18,20,23H,2-4,7-10,19H2,1H3. The smallest absolute Gasteiger partial charge is 0.119 e. The zero-order chi connectivity index (χ0) is 18.9. The van der Waals surface area contributed by atoms with Gasteiger partial charge in [0.2, 0.25) is 0 Å². The Bertz CT molecular complexity index is 744. The molecule has 1 nitrogen and oxygen atoms in total. The molecule has 0 spiro atoms. The molecule has 1 aliphatic carbocycles. The fraction of sp³-hybridized carbons (Fsp3) is 0.440. The summed E-state index contributed by atoms with van der Waals surface area (Å²) in [6, 6.07) is 15.7. The van der Waals surface area contributed by atoms with Gasteiger partial charge < -0.3 is 4.74 Å². The third-order valence-electron chi connectivity index (χ3n) is 5.47. The quantitative estimate of drug-likeness (QED) is 0.485. The number of ether oxygens (including phenoxy) is 1. The number of benzene rings is 2. The van der Waals surface area contributed by atoms with Crippen LogP contribution >= 0.6 is 11.6 Å². The number of hydrogen-bond acceptors (Lipinski definition) is 1. The summed E-state index contributed by atoms with van der Waals surface area (Å²) in [5.41, 5.74) is 1.96. The average molecular weight is 381 g/mol. The first kappa shape index (κ1) is 19.8. The first-order valence-electron chi connectivity index (χ1n) is 10.2. The highest BCUT2D eigenvalue weighted by Gasteiger charge is 2.21. The molecule has 0 radical (unpaired) electrons. The molecule has 2 aromatic rings. The lowest BCUT2D eigenvalue weighted by atomic mass is 9.80. The summed E-state index contributed by atoms with van der Waals surface area (Å²) in [5.74, 6) is 8.96. The second-order valence-electron chi connectivity index (χ2n) is 7.62. The van der Waals surface area contributed by atoms with Crippen LogP contribution in [0.15, 0.2) is 48.5 Å². The molecule has 0 bridgehead atoms. The van der Waals surface area contributed by atoms with Gasteiger partial charge in [0.05, 0.1) is 6.61 Å². The monoisotopic (exact) mass is 380 g/mol. The molecule has 0 amide bonds. The van der Waals surface area contributed by atoms with Crippen molar-refractivity contribution in [2.75, 3.05) is 6.61 Å². The van der Waals surface area contributed by atoms with E-state index in [-0.39, 0.29) is 0 Å². The SMILES string of the molecule is CCCCC1CCC(COc2ccc(C#Cc3ccc(Cl)cc3)cc2)CC1. The molecule has 2 heteroatoms. The Kier molecular flexibility index (Phi) is 7.66. The molecule has 1 fully saturated rings. The van der Waals surface area contributed by atoms with Crippen molar-refractivity contribution >= 4 is 11.6 Å². The van der Waals surface area contributed by atoms with E-state index in [9.17, 15) is 0 Å². The maximum Gasteiger partial charge on any atom is 0.119 e. The van der Waals surface area contributed by atoms with E-state index in [1.165, 1.54) is 44.9 Å². The molecular formula is C25H29ClO. The normalized spacial score (nSPS) is 19.2. The molecule has 0 N–H and O–H groups in total. The summed E-state index contributed by atoms with van der Waals surface area (Å²) in [5, 5.41) is 0.733. The fourth-order valence-corrected chi connectivity index (χ4v) is 3.83. The van der Waals surface area contributed by atoms with Crippen molar-refractivity contribution in [2.45, 2.75) is 51.9 Å². The van der Waals surface area contributed by atoms with Crippen LogP contribution in [-0.4, -0.2) is 6.61 Å². The summed E-state index contributed by atoms with van der Waals surface area (Å²) >= 11 is 5.90. The Labute approximate surface area is 169 Å². The third-order valence-corrected chi connectivity index (χ3v) is 5.72. The van der Waals surface area contributed by atoms with E-state index < -0.39 is 0 Å². The minimum absolute atomic E-state index is 0.715. The lowest BCUT2D eigenvalue weighted by molar-refractivity contribution is 0.178. The van der Waals surface area contributed by atoms with E-state index >= 15 is 0 Å². The van der Waals surface area contributed by atoms with Gasteiger partial charge in [-0.15, -0.1) is 0 Å². The third kappa shape index (κ3) is 6.64. The van der Waals surface area contributed by atoms with Gasteiger partial charge in [0, 0.05) is 16.1 Å². The van der Waals surface area contributed by atoms with E-state index in [0.29, 0.717) is 5.92 Å². The van der Waals surface area contributed by atoms with Gasteiger partial charge in [-0.1, -0.05) is 62.5 Å². The van der Waals surface area contributed by atoms with Gasteiger partial charge in [0.15, 0.2) is 0 Å². The minimum Gasteiger partial charge on any atom is -0.493 e. The van der Waals surface area contributed by atoms with Gasteiger partial charge in [-0.3, -0.25) is 0 Å². The molecule has 0 atom stereocenters. The van der Waals surface area contributed by atoms with Crippen LogP contribution in [0.25, 0.3) is 0 Å². The van der Waals surface area contributed by atoms with Gasteiger partial charge >= 0.3 is 0 Å². The Balaban J connectivity index is 1.44. The van der Waals surface area contributed by atoms with Crippen LogP contribution in [0.3, 0.4) is 0 Å². The molecule has 2 aromatic carbocycles. The van der Waals surface area contributed by atoms with Crippen LogP contribution < -0.4 is 4.74 Å². The minimum atomic E-state index is 0.715. The number of unbranched alkanes of at least 4 members (excludes halogenated alkanes) is 1. The Morgan fingerprint density at radius 1 is 0.852 bits per heavy atom. The second kappa shape index (κ2) is 10.4. The van der Waals surface area contributed by atoms with Crippen molar-refractivity contribution in [1.29, 1.82) is 0 Å². The summed E-state index contributed by atoms with van der Waals surface area (Å²) in [6.07, 6.45) is 9.53. The van der Waals surface area contributed by atoms with Gasteiger partial charge in [0.1, 0.15) is 5.75 Å². The predicted molar refractivity (Wildman–Crippen MR) is 114 cm³/mol. The molecule has 0 heterocycles. The van der Waals surface area contributed by atoms with Crippen LogP contribution in [-0.2, 0) is 0 Å². The molecule has 27 heavy (non-hydrogen) atoms. The largest absolute Gasteiger partial charge is 0.493 e. The van der Waals surface area contributed by atoms with Crippen LogP contribution in [0.5, 0.6) is 5.75 Å². The van der Waals surface area contributed by atoms with E-state index in [2.05, 4.69) is 18.8 Å². The number of hydrogen-bond donors (Lipinski definition) is 0. The van der Waals surface area contributed by atoms with Gasteiger partial charge in [-0.25, -0.2) is 0 Å². The molecule has 0 saturated heterocycles. The van der Waals surface area contributed by atoms with Crippen molar-refractivity contribution in [3.05, 3.63) is 64.7 Å². The van der Waals surface area contributed by atoms with Gasteiger partial charge in [-0.2, -0.15) is 0 Å². The molecule has 0 aliphatic heterocycles. The van der Waals surface area contributed by atoms with Crippen molar-refractivity contribution in [3.63, 3.8) is 0 Å². The molecule has 1 aliphatic rings. The van der Waals surface area contributed by atoms with E-state index in [4.69, 9.17) is 16.3 Å². The Morgan fingerprint density at radius 2 is 1.41 bits per heavy atom. The maximum absolute atomic E-state index is 6.03. The summed E-state index contributed by atoms with van der Waals surface area (Å²) in [4.78, 5) is 0. The zero-order valence-corrected chi connectivity index (χ0v) is 17.0. The fourth-order valence-electron chi connectivity index (χ4n) is 3.71. The van der Waals surface area contributed by atoms with Crippen LogP contribution in [0.4, 0.5) is 0 Å². The van der Waals surface area contributed by atoms with E-state index in [1.54, 1.807) is 0 Å². The number of rotatable bonds is 6. The van der Waals surface area contributed by atoms with Crippen molar-refractivity contribution in [1.82, 2.24) is 0 Å². The highest BCUT2D eigenvalue weighted by atomic mass is 35.5.